The minimum atomic E-state index is -0.745. The van der Waals surface area contributed by atoms with Gasteiger partial charge in [0.15, 0.2) is 0 Å². The van der Waals surface area contributed by atoms with E-state index < -0.39 is 5.97 Å². The van der Waals surface area contributed by atoms with Crippen LogP contribution in [0.1, 0.15) is 44.9 Å². The maximum Gasteiger partial charge on any atom is 0.315 e. The second kappa shape index (κ2) is 7.20. The summed E-state index contributed by atoms with van der Waals surface area (Å²) in [5.41, 5.74) is 0. The summed E-state index contributed by atoms with van der Waals surface area (Å²) in [4.78, 5) is 22.8. The number of amides is 2. The molecule has 3 N–H and O–H groups in total. The van der Waals surface area contributed by atoms with Crippen molar-refractivity contribution in [3.05, 3.63) is 0 Å². The van der Waals surface area contributed by atoms with Gasteiger partial charge in [-0.25, -0.2) is 4.79 Å². The summed E-state index contributed by atoms with van der Waals surface area (Å²) < 4.78 is 0. The van der Waals surface area contributed by atoms with Crippen LogP contribution >= 0.6 is 11.8 Å². The first kappa shape index (κ1) is 15.5. The fourth-order valence-electron chi connectivity index (χ4n) is 3.19. The molecule has 2 rings (SSSR count). The van der Waals surface area contributed by atoms with Crippen molar-refractivity contribution in [2.75, 3.05) is 6.26 Å². The van der Waals surface area contributed by atoms with Crippen molar-refractivity contribution in [3.8, 4) is 0 Å². The van der Waals surface area contributed by atoms with E-state index in [1.165, 1.54) is 0 Å². The second-order valence-electron chi connectivity index (χ2n) is 5.87. The molecule has 0 heterocycles. The monoisotopic (exact) mass is 300 g/mol. The number of nitrogens with one attached hydrogen (secondary N) is 2. The first-order chi connectivity index (χ1) is 9.58. The Labute approximate surface area is 124 Å². The van der Waals surface area contributed by atoms with Gasteiger partial charge in [-0.1, -0.05) is 0 Å². The van der Waals surface area contributed by atoms with Gasteiger partial charge in [-0.15, -0.1) is 0 Å². The Morgan fingerprint density at radius 1 is 1.00 bits per heavy atom. The van der Waals surface area contributed by atoms with Crippen molar-refractivity contribution < 1.29 is 14.7 Å². The number of carboxylic acid groups (broad SMARTS) is 1. The van der Waals surface area contributed by atoms with Gasteiger partial charge < -0.3 is 15.7 Å². The van der Waals surface area contributed by atoms with Crippen LogP contribution in [-0.4, -0.2) is 40.7 Å². The van der Waals surface area contributed by atoms with Crippen LogP contribution in [0, 0.1) is 5.92 Å². The summed E-state index contributed by atoms with van der Waals surface area (Å²) in [6, 6.07) is 0.155. The summed E-state index contributed by atoms with van der Waals surface area (Å²) in [7, 11) is 0. The smallest absolute Gasteiger partial charge is 0.315 e. The van der Waals surface area contributed by atoms with Gasteiger partial charge >= 0.3 is 12.0 Å². The van der Waals surface area contributed by atoms with Crippen molar-refractivity contribution in [2.45, 2.75) is 62.3 Å². The Balaban J connectivity index is 1.67. The van der Waals surface area contributed by atoms with Crippen LogP contribution in [0.4, 0.5) is 4.79 Å². The zero-order valence-corrected chi connectivity index (χ0v) is 12.7. The minimum Gasteiger partial charge on any atom is -0.481 e. The molecule has 2 atom stereocenters. The maximum atomic E-state index is 11.9. The summed E-state index contributed by atoms with van der Waals surface area (Å²) in [6.45, 7) is 0. The molecule has 2 saturated carbocycles. The minimum absolute atomic E-state index is 0.0126. The lowest BCUT2D eigenvalue weighted by atomic mass is 9.95. The number of hydrogen-bond donors (Lipinski definition) is 3. The van der Waals surface area contributed by atoms with Crippen LogP contribution < -0.4 is 10.6 Å². The molecule has 0 aromatic heterocycles. The molecule has 0 aromatic carbocycles. The molecule has 0 saturated heterocycles. The standard InChI is InChI=1S/C14H24N2O3S/c1-20-12-6-4-10(5-7-12)15-14(19)16-11-3-2-9(8-11)13(17)18/h9-12H,2-8H2,1H3,(H,17,18)(H2,15,16,19)/t9-,10?,11+,12?/m1/s1. The normalized spacial score (nSPS) is 33.6. The molecule has 0 aromatic rings. The van der Waals surface area contributed by atoms with E-state index in [0.29, 0.717) is 12.8 Å². The van der Waals surface area contributed by atoms with E-state index in [9.17, 15) is 9.59 Å². The number of carboxylic acids is 1. The first-order valence-electron chi connectivity index (χ1n) is 7.41. The number of rotatable bonds is 4. The van der Waals surface area contributed by atoms with Crippen LogP contribution in [0.5, 0.6) is 0 Å². The highest BCUT2D eigenvalue weighted by Gasteiger charge is 2.31. The van der Waals surface area contributed by atoms with E-state index in [-0.39, 0.29) is 24.0 Å². The largest absolute Gasteiger partial charge is 0.481 e. The van der Waals surface area contributed by atoms with Gasteiger partial charge in [0.1, 0.15) is 0 Å². The van der Waals surface area contributed by atoms with Crippen LogP contribution in [0.15, 0.2) is 0 Å². The summed E-state index contributed by atoms with van der Waals surface area (Å²) in [5, 5.41) is 15.6. The Morgan fingerprint density at radius 3 is 2.15 bits per heavy atom. The highest BCUT2D eigenvalue weighted by molar-refractivity contribution is 7.99. The Hall–Kier alpha value is -0.910. The lowest BCUT2D eigenvalue weighted by molar-refractivity contribution is -0.141. The molecule has 5 nitrogen and oxygen atoms in total. The van der Waals surface area contributed by atoms with Gasteiger partial charge in [0.05, 0.1) is 5.92 Å². The van der Waals surface area contributed by atoms with E-state index in [2.05, 4.69) is 16.9 Å². The van der Waals surface area contributed by atoms with E-state index >= 15 is 0 Å². The molecule has 2 aliphatic carbocycles. The SMILES string of the molecule is CSC1CCC(NC(=O)N[C@H]2CC[C@@H](C(=O)O)C2)CC1. The van der Waals surface area contributed by atoms with Crippen LogP contribution in [0.25, 0.3) is 0 Å². The zero-order valence-electron chi connectivity index (χ0n) is 11.9. The average Bonchev–Trinajstić information content (AvgIpc) is 2.88. The fourth-order valence-corrected chi connectivity index (χ4v) is 3.94. The lowest BCUT2D eigenvalue weighted by Crippen LogP contribution is -2.46. The number of urea groups is 1. The molecule has 0 unspecified atom stereocenters. The van der Waals surface area contributed by atoms with Crippen LogP contribution in [-0.2, 0) is 4.79 Å². The second-order valence-corrected chi connectivity index (χ2v) is 7.01. The lowest BCUT2D eigenvalue weighted by Gasteiger charge is -2.28. The molecule has 0 spiro atoms. The highest BCUT2D eigenvalue weighted by atomic mass is 32.2. The molecule has 20 heavy (non-hydrogen) atoms. The number of hydrogen-bond acceptors (Lipinski definition) is 3. The van der Waals surface area contributed by atoms with E-state index in [1.54, 1.807) is 0 Å². The summed E-state index contributed by atoms with van der Waals surface area (Å²) in [5.74, 6) is -1.04. The van der Waals surface area contributed by atoms with E-state index in [1.807, 2.05) is 11.8 Å². The molecule has 0 radical (unpaired) electrons. The van der Waals surface area contributed by atoms with Gasteiger partial charge in [-0.05, 0) is 51.2 Å². The highest BCUT2D eigenvalue weighted by Crippen LogP contribution is 2.27. The molecule has 2 aliphatic rings. The predicted octanol–water partition coefficient (Wildman–Crippen LogP) is 2.21. The molecular weight excluding hydrogens is 276 g/mol. The molecule has 6 heteroatoms. The van der Waals surface area contributed by atoms with Crippen molar-refractivity contribution in [1.29, 1.82) is 0 Å². The third-order valence-electron chi connectivity index (χ3n) is 4.46. The molecule has 2 fully saturated rings. The van der Waals surface area contributed by atoms with Crippen LogP contribution in [0.2, 0.25) is 0 Å². The maximum absolute atomic E-state index is 11.9. The number of aliphatic carboxylic acids is 1. The number of carbonyl (C=O) groups excluding carboxylic acids is 1. The third kappa shape index (κ3) is 4.30. The number of thioether (sulfide) groups is 1. The molecule has 114 valence electrons. The van der Waals surface area contributed by atoms with Crippen molar-refractivity contribution in [2.24, 2.45) is 5.92 Å². The third-order valence-corrected chi connectivity index (χ3v) is 5.60. The molecule has 0 bridgehead atoms. The van der Waals surface area contributed by atoms with Gasteiger partial charge in [-0.3, -0.25) is 4.79 Å². The molecule has 2 amide bonds. The van der Waals surface area contributed by atoms with Gasteiger partial charge in [-0.2, -0.15) is 11.8 Å². The van der Waals surface area contributed by atoms with Crippen LogP contribution in [0.3, 0.4) is 0 Å². The Morgan fingerprint density at radius 2 is 1.60 bits per heavy atom. The van der Waals surface area contributed by atoms with Crippen molar-refractivity contribution in [3.63, 3.8) is 0 Å². The van der Waals surface area contributed by atoms with Gasteiger partial charge in [0.2, 0.25) is 0 Å². The molecular formula is C14H24N2O3S. The van der Waals surface area contributed by atoms with Gasteiger partial charge in [0, 0.05) is 17.3 Å². The number of carbonyl (C=O) groups is 2. The Bertz CT molecular complexity index is 356. The van der Waals surface area contributed by atoms with E-state index in [4.69, 9.17) is 5.11 Å². The first-order valence-corrected chi connectivity index (χ1v) is 8.70. The summed E-state index contributed by atoms with van der Waals surface area (Å²) >= 11 is 1.91. The average molecular weight is 300 g/mol. The quantitative estimate of drug-likeness (QED) is 0.744. The summed E-state index contributed by atoms with van der Waals surface area (Å²) in [6.07, 6.45) is 8.55. The van der Waals surface area contributed by atoms with Gasteiger partial charge in [0.25, 0.3) is 0 Å². The Kier molecular flexibility index (Phi) is 5.57. The molecule has 0 aliphatic heterocycles. The van der Waals surface area contributed by atoms with Crippen molar-refractivity contribution in [1.82, 2.24) is 10.6 Å². The fraction of sp³-hybridized carbons (Fsp3) is 0.857. The van der Waals surface area contributed by atoms with Crippen molar-refractivity contribution >= 4 is 23.8 Å². The predicted molar refractivity (Wildman–Crippen MR) is 80.0 cm³/mol. The zero-order chi connectivity index (χ0) is 14.5. The topological polar surface area (TPSA) is 78.4 Å². The van der Waals surface area contributed by atoms with E-state index in [0.717, 1.165) is 37.4 Å².